The maximum absolute atomic E-state index is 12.5. The number of hydrogen-bond acceptors (Lipinski definition) is 3. The van der Waals surface area contributed by atoms with Crippen molar-refractivity contribution >= 4 is 5.91 Å². The molecule has 4 heteroatoms. The molecule has 0 spiro atoms. The van der Waals surface area contributed by atoms with Crippen LogP contribution >= 0.6 is 0 Å². The normalized spacial score (nSPS) is 20.8. The number of likely N-dealkylation sites (tertiary alicyclic amines) is 1. The van der Waals surface area contributed by atoms with Crippen molar-refractivity contribution in [3.63, 3.8) is 0 Å². The van der Waals surface area contributed by atoms with Gasteiger partial charge in [0, 0.05) is 57.5 Å². The Kier molecular flexibility index (Phi) is 5.88. The lowest BCUT2D eigenvalue weighted by atomic mass is 9.99. The number of pyridine rings is 1. The average Bonchev–Trinajstić information content (AvgIpc) is 3.46. The van der Waals surface area contributed by atoms with Crippen molar-refractivity contribution < 1.29 is 4.79 Å². The third-order valence-corrected chi connectivity index (χ3v) is 5.83. The Morgan fingerprint density at radius 1 is 1.29 bits per heavy atom. The third-order valence-electron chi connectivity index (χ3n) is 5.83. The van der Waals surface area contributed by atoms with Crippen LogP contribution < -0.4 is 0 Å². The summed E-state index contributed by atoms with van der Waals surface area (Å²) in [6.45, 7) is 5.49. The highest BCUT2D eigenvalue weighted by Gasteiger charge is 2.31. The number of carbonyl (C=O) groups is 1. The Balaban J connectivity index is 1.38. The van der Waals surface area contributed by atoms with Gasteiger partial charge in [0.25, 0.3) is 0 Å². The highest BCUT2D eigenvalue weighted by atomic mass is 16.2. The molecule has 3 rings (SSSR count). The molecule has 1 aromatic rings. The Labute approximate surface area is 146 Å². The van der Waals surface area contributed by atoms with E-state index in [0.29, 0.717) is 17.9 Å². The van der Waals surface area contributed by atoms with Crippen molar-refractivity contribution in [1.82, 2.24) is 14.8 Å². The van der Waals surface area contributed by atoms with E-state index in [-0.39, 0.29) is 0 Å². The molecule has 24 heavy (non-hydrogen) atoms. The second kappa shape index (κ2) is 8.11. The minimum Gasteiger partial charge on any atom is -0.343 e. The number of piperidine rings is 1. The molecule has 1 aliphatic heterocycles. The SMILES string of the molecule is C[C@H](CC(=O)N(C)C1CCN(CCc2ccccn2)CC1)C1CC1. The van der Waals surface area contributed by atoms with Crippen LogP contribution in [0.4, 0.5) is 0 Å². The number of rotatable bonds is 7. The zero-order valence-corrected chi connectivity index (χ0v) is 15.2. The van der Waals surface area contributed by atoms with Gasteiger partial charge in [0.15, 0.2) is 0 Å². The van der Waals surface area contributed by atoms with E-state index in [4.69, 9.17) is 0 Å². The van der Waals surface area contributed by atoms with Crippen LogP contribution in [0, 0.1) is 11.8 Å². The lowest BCUT2D eigenvalue weighted by Gasteiger charge is -2.37. The van der Waals surface area contributed by atoms with Gasteiger partial charge in [-0.15, -0.1) is 0 Å². The molecular formula is C20H31N3O. The molecule has 2 heterocycles. The molecule has 132 valence electrons. The molecule has 0 radical (unpaired) electrons. The number of carbonyl (C=O) groups excluding carboxylic acids is 1. The monoisotopic (exact) mass is 329 g/mol. The maximum atomic E-state index is 12.5. The van der Waals surface area contributed by atoms with E-state index in [1.165, 1.54) is 18.5 Å². The van der Waals surface area contributed by atoms with E-state index in [9.17, 15) is 4.79 Å². The Morgan fingerprint density at radius 2 is 2.04 bits per heavy atom. The van der Waals surface area contributed by atoms with Gasteiger partial charge in [-0.3, -0.25) is 9.78 Å². The van der Waals surface area contributed by atoms with Crippen LogP contribution in [0.3, 0.4) is 0 Å². The first-order valence-corrected chi connectivity index (χ1v) is 9.51. The lowest BCUT2D eigenvalue weighted by Crippen LogP contribution is -2.46. The molecule has 1 saturated carbocycles. The molecular weight excluding hydrogens is 298 g/mol. The van der Waals surface area contributed by atoms with Crippen LogP contribution in [0.1, 0.15) is 44.7 Å². The molecule has 2 aliphatic rings. The standard InChI is InChI=1S/C20H31N3O/c1-16(17-6-7-17)15-20(24)22(2)19-9-13-23(14-10-19)12-8-18-5-3-4-11-21-18/h3-5,11,16-17,19H,6-10,12-15H2,1-2H3/t16-/m1/s1. The van der Waals surface area contributed by atoms with Gasteiger partial charge in [-0.2, -0.15) is 0 Å². The van der Waals surface area contributed by atoms with Gasteiger partial charge in [0.2, 0.25) is 5.91 Å². The molecule has 1 atom stereocenters. The molecule has 2 fully saturated rings. The molecule has 0 aromatic carbocycles. The van der Waals surface area contributed by atoms with E-state index in [1.54, 1.807) is 0 Å². The first kappa shape index (κ1) is 17.4. The van der Waals surface area contributed by atoms with Crippen LogP contribution in [-0.2, 0) is 11.2 Å². The van der Waals surface area contributed by atoms with Gasteiger partial charge < -0.3 is 9.80 Å². The first-order valence-electron chi connectivity index (χ1n) is 9.51. The van der Waals surface area contributed by atoms with E-state index in [2.05, 4.69) is 28.9 Å². The highest BCUT2D eigenvalue weighted by molar-refractivity contribution is 5.76. The first-order chi connectivity index (χ1) is 11.6. The summed E-state index contributed by atoms with van der Waals surface area (Å²) >= 11 is 0. The number of aromatic nitrogens is 1. The fourth-order valence-corrected chi connectivity index (χ4v) is 3.80. The topological polar surface area (TPSA) is 36.4 Å². The lowest BCUT2D eigenvalue weighted by molar-refractivity contribution is -0.133. The maximum Gasteiger partial charge on any atom is 0.222 e. The van der Waals surface area contributed by atoms with Crippen LogP contribution in [0.25, 0.3) is 0 Å². The van der Waals surface area contributed by atoms with Gasteiger partial charge in [0.1, 0.15) is 0 Å². The Hall–Kier alpha value is -1.42. The molecule has 4 nitrogen and oxygen atoms in total. The summed E-state index contributed by atoms with van der Waals surface area (Å²) in [5.41, 5.74) is 1.17. The zero-order valence-electron chi connectivity index (χ0n) is 15.2. The van der Waals surface area contributed by atoms with Gasteiger partial charge in [-0.1, -0.05) is 13.0 Å². The molecule has 1 aliphatic carbocycles. The summed E-state index contributed by atoms with van der Waals surface area (Å²) in [5.74, 6) is 1.73. The molecule has 0 unspecified atom stereocenters. The second-order valence-corrected chi connectivity index (χ2v) is 7.67. The van der Waals surface area contributed by atoms with Crippen molar-refractivity contribution in [3.05, 3.63) is 30.1 Å². The molecule has 0 bridgehead atoms. The third kappa shape index (κ3) is 4.79. The summed E-state index contributed by atoms with van der Waals surface area (Å²) in [6, 6.07) is 6.54. The fourth-order valence-electron chi connectivity index (χ4n) is 3.80. The quantitative estimate of drug-likeness (QED) is 0.771. The van der Waals surface area contributed by atoms with Gasteiger partial charge in [0.05, 0.1) is 0 Å². The van der Waals surface area contributed by atoms with Crippen molar-refractivity contribution in [2.45, 2.75) is 51.5 Å². The smallest absolute Gasteiger partial charge is 0.222 e. The van der Waals surface area contributed by atoms with Crippen LogP contribution in [0.2, 0.25) is 0 Å². The largest absolute Gasteiger partial charge is 0.343 e. The average molecular weight is 329 g/mol. The predicted octanol–water partition coefficient (Wildman–Crippen LogP) is 2.98. The van der Waals surface area contributed by atoms with Crippen molar-refractivity contribution in [2.75, 3.05) is 26.7 Å². The number of amides is 1. The van der Waals surface area contributed by atoms with Crippen LogP contribution in [0.5, 0.6) is 0 Å². The minimum atomic E-state index is 0.348. The van der Waals surface area contributed by atoms with E-state index in [1.807, 2.05) is 24.2 Å². The Morgan fingerprint density at radius 3 is 2.67 bits per heavy atom. The van der Waals surface area contributed by atoms with Crippen molar-refractivity contribution in [2.24, 2.45) is 11.8 Å². The van der Waals surface area contributed by atoms with Gasteiger partial charge in [-0.25, -0.2) is 0 Å². The zero-order chi connectivity index (χ0) is 16.9. The summed E-state index contributed by atoms with van der Waals surface area (Å²) in [6.07, 6.45) is 8.47. The molecule has 0 N–H and O–H groups in total. The predicted molar refractivity (Wildman–Crippen MR) is 96.7 cm³/mol. The fraction of sp³-hybridized carbons (Fsp3) is 0.700. The Bertz CT molecular complexity index is 521. The molecule has 1 saturated heterocycles. The van der Waals surface area contributed by atoms with Crippen LogP contribution in [-0.4, -0.2) is 53.4 Å². The summed E-state index contributed by atoms with van der Waals surface area (Å²) < 4.78 is 0. The molecule has 1 amide bonds. The van der Waals surface area contributed by atoms with Crippen molar-refractivity contribution in [1.29, 1.82) is 0 Å². The number of hydrogen-bond donors (Lipinski definition) is 0. The summed E-state index contributed by atoms with van der Waals surface area (Å²) in [5, 5.41) is 0. The van der Waals surface area contributed by atoms with Crippen LogP contribution in [0.15, 0.2) is 24.4 Å². The van der Waals surface area contributed by atoms with Crippen molar-refractivity contribution in [3.8, 4) is 0 Å². The van der Waals surface area contributed by atoms with E-state index in [0.717, 1.165) is 51.2 Å². The van der Waals surface area contributed by atoms with Gasteiger partial charge in [-0.05, 0) is 49.7 Å². The van der Waals surface area contributed by atoms with E-state index < -0.39 is 0 Å². The minimum absolute atomic E-state index is 0.348. The summed E-state index contributed by atoms with van der Waals surface area (Å²) in [4.78, 5) is 21.4. The van der Waals surface area contributed by atoms with E-state index >= 15 is 0 Å². The van der Waals surface area contributed by atoms with Gasteiger partial charge >= 0.3 is 0 Å². The number of nitrogens with zero attached hydrogens (tertiary/aromatic N) is 3. The summed E-state index contributed by atoms with van der Waals surface area (Å²) in [7, 11) is 2.01. The highest BCUT2D eigenvalue weighted by Crippen LogP contribution is 2.38. The second-order valence-electron chi connectivity index (χ2n) is 7.67. The molecule has 1 aromatic heterocycles.